The van der Waals surface area contributed by atoms with E-state index < -0.39 is 49.5 Å². The van der Waals surface area contributed by atoms with E-state index in [1.54, 1.807) is 6.08 Å². The summed E-state index contributed by atoms with van der Waals surface area (Å²) in [5.74, 6) is -0.192. The molecule has 7 unspecified atom stereocenters. The van der Waals surface area contributed by atoms with Crippen LogP contribution in [-0.2, 0) is 14.3 Å². The zero-order chi connectivity index (χ0) is 46.6. The lowest BCUT2D eigenvalue weighted by molar-refractivity contribution is -0.302. The number of carbonyl (C=O) groups is 1. The van der Waals surface area contributed by atoms with Crippen molar-refractivity contribution in [2.45, 2.75) is 294 Å². The molecule has 0 aromatic heterocycles. The van der Waals surface area contributed by atoms with Crippen LogP contribution in [0.5, 0.6) is 0 Å². The van der Waals surface area contributed by atoms with Crippen LogP contribution in [0.3, 0.4) is 0 Å². The molecule has 0 bridgehead atoms. The molecule has 1 fully saturated rings. The lowest BCUT2D eigenvalue weighted by Crippen LogP contribution is -2.60. The predicted octanol–water partition coefficient (Wildman–Crippen LogP) is 12.8. The minimum Gasteiger partial charge on any atom is -0.394 e. The molecule has 6 N–H and O–H groups in total. The van der Waals surface area contributed by atoms with Gasteiger partial charge in [-0.3, -0.25) is 4.79 Å². The summed E-state index contributed by atoms with van der Waals surface area (Å²) in [6, 6.07) is -0.824. The Kier molecular flexibility index (Phi) is 42.7. The van der Waals surface area contributed by atoms with Crippen LogP contribution in [0.4, 0.5) is 0 Å². The number of ether oxygens (including phenoxy) is 2. The standard InChI is InChI=1S/C55H103NO8/c1-3-5-7-9-11-13-15-16-17-18-19-20-21-22-23-24-25-26-27-28-29-30-31-32-33-34-35-36-38-40-42-44-49(58)48(47-63-55-54(62)53(61)52(60)50(46-57)64-55)56-51(59)45-43-41-39-37-14-12-10-8-6-4-2/h31-32,35-36,42,44,48-50,52-55,57-58,60-62H,3-30,33-34,37-41,43,45-47H2,1-2H3,(H,56,59)/b32-31+,36-35+,44-42+. The van der Waals surface area contributed by atoms with Gasteiger partial charge >= 0.3 is 0 Å². The summed E-state index contributed by atoms with van der Waals surface area (Å²) in [6.07, 6.45) is 51.0. The van der Waals surface area contributed by atoms with Gasteiger partial charge in [0, 0.05) is 6.42 Å². The highest BCUT2D eigenvalue weighted by Gasteiger charge is 2.44. The summed E-state index contributed by atoms with van der Waals surface area (Å²) < 4.78 is 11.2. The van der Waals surface area contributed by atoms with Gasteiger partial charge in [0.2, 0.25) is 5.91 Å². The van der Waals surface area contributed by atoms with Crippen LogP contribution in [-0.4, -0.2) is 87.5 Å². The van der Waals surface area contributed by atoms with Crippen LogP contribution in [0.25, 0.3) is 0 Å². The Bertz CT molecular complexity index is 1100. The molecule has 1 saturated heterocycles. The smallest absolute Gasteiger partial charge is 0.220 e. The normalized spacial score (nSPS) is 20.3. The third-order valence-corrected chi connectivity index (χ3v) is 12.9. The Labute approximate surface area is 393 Å². The molecule has 376 valence electrons. The quantitative estimate of drug-likeness (QED) is 0.0261. The zero-order valence-corrected chi connectivity index (χ0v) is 41.5. The summed E-state index contributed by atoms with van der Waals surface area (Å²) in [5, 5.41) is 54.2. The topological polar surface area (TPSA) is 149 Å². The van der Waals surface area contributed by atoms with E-state index >= 15 is 0 Å². The molecule has 1 aliphatic heterocycles. The fraction of sp³-hybridized carbons (Fsp3) is 0.873. The SMILES string of the molecule is CCCCCCCCCCCCCCCCCCCCCCC/C=C/CC/C=C/CC/C=C/C(O)C(COC1OC(CO)C(O)C(O)C1O)NC(=O)CCCCCCCCCCCC. The van der Waals surface area contributed by atoms with Crippen LogP contribution >= 0.6 is 0 Å². The second kappa shape index (κ2) is 45.2. The summed E-state index contributed by atoms with van der Waals surface area (Å²) in [6.45, 7) is 3.75. The second-order valence-corrected chi connectivity index (χ2v) is 19.0. The van der Waals surface area contributed by atoms with Crippen molar-refractivity contribution >= 4 is 5.91 Å². The lowest BCUT2D eigenvalue weighted by Gasteiger charge is -2.40. The Morgan fingerprint density at radius 3 is 1.31 bits per heavy atom. The van der Waals surface area contributed by atoms with Crippen molar-refractivity contribution < 1.29 is 39.8 Å². The van der Waals surface area contributed by atoms with Crippen molar-refractivity contribution in [3.63, 3.8) is 0 Å². The number of aliphatic hydroxyl groups excluding tert-OH is 5. The van der Waals surface area contributed by atoms with E-state index in [9.17, 15) is 30.3 Å². The van der Waals surface area contributed by atoms with E-state index in [4.69, 9.17) is 9.47 Å². The van der Waals surface area contributed by atoms with Gasteiger partial charge in [0.15, 0.2) is 6.29 Å². The Morgan fingerprint density at radius 1 is 0.516 bits per heavy atom. The first-order valence-electron chi connectivity index (χ1n) is 27.2. The molecule has 0 spiro atoms. The van der Waals surface area contributed by atoms with Gasteiger partial charge in [-0.2, -0.15) is 0 Å². The first kappa shape index (κ1) is 60.4. The minimum atomic E-state index is -1.57. The number of aliphatic hydroxyl groups is 5. The van der Waals surface area contributed by atoms with Crippen LogP contribution in [0, 0.1) is 0 Å². The van der Waals surface area contributed by atoms with Gasteiger partial charge in [0.25, 0.3) is 0 Å². The number of carbonyl (C=O) groups excluding carboxylic acids is 1. The van der Waals surface area contributed by atoms with Crippen molar-refractivity contribution in [2.75, 3.05) is 13.2 Å². The molecular formula is C55H103NO8. The lowest BCUT2D eigenvalue weighted by atomic mass is 9.99. The van der Waals surface area contributed by atoms with Crippen molar-refractivity contribution in [3.05, 3.63) is 36.5 Å². The summed E-state index contributed by atoms with van der Waals surface area (Å²) >= 11 is 0. The molecule has 9 nitrogen and oxygen atoms in total. The molecule has 0 aliphatic carbocycles. The molecule has 0 aromatic rings. The van der Waals surface area contributed by atoms with Gasteiger partial charge in [-0.05, 0) is 44.9 Å². The number of rotatable bonds is 46. The number of amides is 1. The molecular weight excluding hydrogens is 803 g/mol. The molecule has 1 aliphatic rings. The van der Waals surface area contributed by atoms with Gasteiger partial charge in [0.05, 0.1) is 25.4 Å². The van der Waals surface area contributed by atoms with Gasteiger partial charge < -0.3 is 40.3 Å². The Balaban J connectivity index is 2.19. The maximum Gasteiger partial charge on any atom is 0.220 e. The maximum absolute atomic E-state index is 12.9. The largest absolute Gasteiger partial charge is 0.394 e. The van der Waals surface area contributed by atoms with Gasteiger partial charge in [-0.25, -0.2) is 0 Å². The average molecular weight is 906 g/mol. The highest BCUT2D eigenvalue weighted by atomic mass is 16.7. The van der Waals surface area contributed by atoms with Crippen LogP contribution in [0.1, 0.15) is 251 Å². The number of allylic oxidation sites excluding steroid dienone is 5. The van der Waals surface area contributed by atoms with Crippen molar-refractivity contribution in [1.29, 1.82) is 0 Å². The molecule has 1 heterocycles. The van der Waals surface area contributed by atoms with Crippen molar-refractivity contribution in [2.24, 2.45) is 0 Å². The highest BCUT2D eigenvalue weighted by molar-refractivity contribution is 5.76. The second-order valence-electron chi connectivity index (χ2n) is 19.0. The molecule has 0 radical (unpaired) electrons. The third-order valence-electron chi connectivity index (χ3n) is 12.9. The molecule has 0 saturated carbocycles. The van der Waals surface area contributed by atoms with E-state index in [0.29, 0.717) is 6.42 Å². The molecule has 64 heavy (non-hydrogen) atoms. The first-order valence-corrected chi connectivity index (χ1v) is 27.2. The van der Waals surface area contributed by atoms with E-state index in [1.807, 2.05) is 6.08 Å². The van der Waals surface area contributed by atoms with E-state index in [2.05, 4.69) is 43.5 Å². The van der Waals surface area contributed by atoms with Gasteiger partial charge in [0.1, 0.15) is 24.4 Å². The Morgan fingerprint density at radius 2 is 0.891 bits per heavy atom. The van der Waals surface area contributed by atoms with E-state index in [-0.39, 0.29) is 12.5 Å². The molecule has 0 aromatic carbocycles. The van der Waals surface area contributed by atoms with Gasteiger partial charge in [-0.15, -0.1) is 0 Å². The Hall–Kier alpha value is -1.59. The number of unbranched alkanes of at least 4 members (excludes halogenated alkanes) is 32. The fourth-order valence-corrected chi connectivity index (χ4v) is 8.60. The number of hydrogen-bond donors (Lipinski definition) is 6. The van der Waals surface area contributed by atoms with E-state index in [0.717, 1.165) is 44.9 Å². The molecule has 7 atom stereocenters. The van der Waals surface area contributed by atoms with Crippen molar-refractivity contribution in [1.82, 2.24) is 5.32 Å². The molecule has 9 heteroatoms. The monoisotopic (exact) mass is 906 g/mol. The summed E-state index contributed by atoms with van der Waals surface area (Å²) in [4.78, 5) is 12.9. The highest BCUT2D eigenvalue weighted by Crippen LogP contribution is 2.23. The molecule has 1 amide bonds. The fourth-order valence-electron chi connectivity index (χ4n) is 8.60. The average Bonchev–Trinajstić information content (AvgIpc) is 3.29. The van der Waals surface area contributed by atoms with Crippen LogP contribution in [0.15, 0.2) is 36.5 Å². The third kappa shape index (κ3) is 34.7. The van der Waals surface area contributed by atoms with Crippen molar-refractivity contribution in [3.8, 4) is 0 Å². The molecule has 1 rings (SSSR count). The summed E-state index contributed by atoms with van der Waals surface area (Å²) in [7, 11) is 0. The maximum atomic E-state index is 12.9. The van der Waals surface area contributed by atoms with E-state index in [1.165, 1.54) is 186 Å². The van der Waals surface area contributed by atoms with Crippen LogP contribution < -0.4 is 5.32 Å². The summed E-state index contributed by atoms with van der Waals surface area (Å²) in [5.41, 5.74) is 0. The minimum absolute atomic E-state index is 0.192. The zero-order valence-electron chi connectivity index (χ0n) is 41.5. The number of nitrogens with one attached hydrogen (secondary N) is 1. The van der Waals surface area contributed by atoms with Gasteiger partial charge in [-0.1, -0.05) is 237 Å². The predicted molar refractivity (Wildman–Crippen MR) is 267 cm³/mol. The number of hydrogen-bond acceptors (Lipinski definition) is 8. The van der Waals surface area contributed by atoms with Crippen LogP contribution in [0.2, 0.25) is 0 Å². The first-order chi connectivity index (χ1) is 31.3.